The van der Waals surface area contributed by atoms with Crippen LogP contribution in [0, 0.1) is 6.92 Å². The van der Waals surface area contributed by atoms with Gasteiger partial charge < -0.3 is 11.1 Å². The predicted molar refractivity (Wildman–Crippen MR) is 77.1 cm³/mol. The molecule has 3 aromatic heterocycles. The number of nitrogens with one attached hydrogen (secondary N) is 2. The molecule has 7 nitrogen and oxygen atoms in total. The van der Waals surface area contributed by atoms with Crippen LogP contribution in [-0.2, 0) is 0 Å². The summed E-state index contributed by atoms with van der Waals surface area (Å²) in [5.74, 6) is 1.93. The number of hydrogen-bond donors (Lipinski definition) is 3. The molecule has 7 heteroatoms. The van der Waals surface area contributed by atoms with Gasteiger partial charge in [0.25, 0.3) is 0 Å². The Morgan fingerprint density at radius 1 is 1.35 bits per heavy atom. The van der Waals surface area contributed by atoms with E-state index in [-0.39, 0.29) is 6.04 Å². The maximum atomic E-state index is 5.90. The van der Waals surface area contributed by atoms with Crippen molar-refractivity contribution in [3.8, 4) is 0 Å². The molecule has 20 heavy (non-hydrogen) atoms. The first kappa shape index (κ1) is 12.3. The molecule has 3 aromatic rings. The molecule has 1 atom stereocenters. The van der Waals surface area contributed by atoms with E-state index in [1.165, 1.54) is 0 Å². The molecule has 0 spiro atoms. The van der Waals surface area contributed by atoms with Crippen LogP contribution in [0.2, 0.25) is 0 Å². The van der Waals surface area contributed by atoms with E-state index in [0.717, 1.165) is 16.8 Å². The Hall–Kier alpha value is -2.70. The summed E-state index contributed by atoms with van der Waals surface area (Å²) in [7, 11) is 0. The van der Waals surface area contributed by atoms with Crippen LogP contribution in [0.4, 0.5) is 11.6 Å². The van der Waals surface area contributed by atoms with Gasteiger partial charge in [-0.1, -0.05) is 6.07 Å². The van der Waals surface area contributed by atoms with E-state index in [4.69, 9.17) is 5.73 Å². The second-order valence-corrected chi connectivity index (χ2v) is 4.60. The van der Waals surface area contributed by atoms with Crippen LogP contribution < -0.4 is 11.1 Å². The highest BCUT2D eigenvalue weighted by Gasteiger charge is 2.13. The number of rotatable bonds is 3. The van der Waals surface area contributed by atoms with Gasteiger partial charge in [0.15, 0.2) is 5.65 Å². The zero-order valence-corrected chi connectivity index (χ0v) is 11.3. The third-order valence-electron chi connectivity index (χ3n) is 3.11. The highest BCUT2D eigenvalue weighted by atomic mass is 15.2. The highest BCUT2D eigenvalue weighted by Crippen LogP contribution is 2.25. The van der Waals surface area contributed by atoms with E-state index in [1.54, 1.807) is 12.4 Å². The zero-order valence-electron chi connectivity index (χ0n) is 11.3. The summed E-state index contributed by atoms with van der Waals surface area (Å²) in [6, 6.07) is 3.79. The van der Waals surface area contributed by atoms with E-state index in [0.29, 0.717) is 17.3 Å². The van der Waals surface area contributed by atoms with Crippen molar-refractivity contribution in [2.75, 3.05) is 11.1 Å². The fourth-order valence-electron chi connectivity index (χ4n) is 2.14. The number of nitrogens with two attached hydrogens (primary N) is 1. The average Bonchev–Trinajstić information content (AvgIpc) is 2.87. The summed E-state index contributed by atoms with van der Waals surface area (Å²) in [6.45, 7) is 3.85. The first-order valence-corrected chi connectivity index (χ1v) is 6.30. The Morgan fingerprint density at radius 3 is 3.00 bits per heavy atom. The van der Waals surface area contributed by atoms with Crippen LogP contribution in [0.1, 0.15) is 24.4 Å². The molecule has 0 saturated heterocycles. The number of H-pyrrole nitrogens is 1. The summed E-state index contributed by atoms with van der Waals surface area (Å²) >= 11 is 0. The van der Waals surface area contributed by atoms with Crippen LogP contribution in [0.15, 0.2) is 24.5 Å². The minimum absolute atomic E-state index is 0.0175. The minimum Gasteiger partial charge on any atom is -0.383 e. The lowest BCUT2D eigenvalue weighted by molar-refractivity contribution is 0.868. The second-order valence-electron chi connectivity index (χ2n) is 4.60. The summed E-state index contributed by atoms with van der Waals surface area (Å²) < 4.78 is 0. The Balaban J connectivity index is 1.97. The molecule has 0 aliphatic carbocycles. The molecule has 0 radical (unpaired) electrons. The molecule has 0 aromatic carbocycles. The Morgan fingerprint density at radius 2 is 2.20 bits per heavy atom. The molecule has 0 bridgehead atoms. The Bertz CT molecular complexity index is 749. The van der Waals surface area contributed by atoms with Gasteiger partial charge in [0.05, 0.1) is 17.6 Å². The standard InChI is InChI=1S/C13H15N7/c1-7(9-4-3-5-15-11(9)14)17-12-10-6-16-20-13(10)19-8(2)18-12/h3-7H,1-2H3,(H2,14,15)(H2,16,17,18,19,20). The van der Waals surface area contributed by atoms with Crippen LogP contribution in [0.3, 0.4) is 0 Å². The third-order valence-corrected chi connectivity index (χ3v) is 3.11. The van der Waals surface area contributed by atoms with Crippen LogP contribution in [-0.4, -0.2) is 25.1 Å². The van der Waals surface area contributed by atoms with E-state index < -0.39 is 0 Å². The molecule has 0 saturated carbocycles. The topological polar surface area (TPSA) is 105 Å². The van der Waals surface area contributed by atoms with Crippen molar-refractivity contribution in [1.82, 2.24) is 25.1 Å². The van der Waals surface area contributed by atoms with Crippen LogP contribution in [0.5, 0.6) is 0 Å². The quantitative estimate of drug-likeness (QED) is 0.669. The molecule has 0 fully saturated rings. The molecule has 3 heterocycles. The van der Waals surface area contributed by atoms with Gasteiger partial charge >= 0.3 is 0 Å². The molecule has 0 amide bonds. The van der Waals surface area contributed by atoms with Gasteiger partial charge in [-0.25, -0.2) is 15.0 Å². The zero-order chi connectivity index (χ0) is 14.1. The van der Waals surface area contributed by atoms with Gasteiger partial charge in [-0.3, -0.25) is 5.10 Å². The van der Waals surface area contributed by atoms with E-state index in [2.05, 4.69) is 30.5 Å². The third kappa shape index (κ3) is 2.13. The summed E-state index contributed by atoms with van der Waals surface area (Å²) in [4.78, 5) is 12.8. The summed E-state index contributed by atoms with van der Waals surface area (Å²) in [6.07, 6.45) is 3.38. The molecule has 1 unspecified atom stereocenters. The fraction of sp³-hybridized carbons (Fsp3) is 0.231. The fourth-order valence-corrected chi connectivity index (χ4v) is 2.14. The number of anilines is 2. The van der Waals surface area contributed by atoms with Crippen LogP contribution >= 0.6 is 0 Å². The Kier molecular flexibility index (Phi) is 2.94. The van der Waals surface area contributed by atoms with Crippen molar-refractivity contribution >= 4 is 22.7 Å². The summed E-state index contributed by atoms with van der Waals surface area (Å²) in [5, 5.41) is 11.0. The normalized spacial score (nSPS) is 12.5. The molecule has 0 aliphatic rings. The number of aromatic amines is 1. The largest absolute Gasteiger partial charge is 0.383 e. The number of aromatic nitrogens is 5. The number of hydrogen-bond acceptors (Lipinski definition) is 6. The van der Waals surface area contributed by atoms with Gasteiger partial charge in [-0.05, 0) is 19.9 Å². The Labute approximate surface area is 115 Å². The SMILES string of the molecule is Cc1nc(NC(C)c2cccnc2N)c2cn[nH]c2n1. The van der Waals surface area contributed by atoms with E-state index >= 15 is 0 Å². The monoisotopic (exact) mass is 269 g/mol. The molecular formula is C13H15N7. The van der Waals surface area contributed by atoms with Gasteiger partial charge in [0.1, 0.15) is 17.5 Å². The highest BCUT2D eigenvalue weighted by molar-refractivity contribution is 5.86. The molecule has 102 valence electrons. The predicted octanol–water partition coefficient (Wildman–Crippen LogP) is 1.81. The molecule has 0 aliphatic heterocycles. The van der Waals surface area contributed by atoms with E-state index in [9.17, 15) is 0 Å². The number of aryl methyl sites for hydroxylation is 1. The maximum absolute atomic E-state index is 5.90. The molecule has 3 rings (SSSR count). The van der Waals surface area contributed by atoms with Crippen molar-refractivity contribution in [3.63, 3.8) is 0 Å². The van der Waals surface area contributed by atoms with Crippen molar-refractivity contribution < 1.29 is 0 Å². The summed E-state index contributed by atoms with van der Waals surface area (Å²) in [5.41, 5.74) is 7.54. The second kappa shape index (κ2) is 4.76. The molecular weight excluding hydrogens is 254 g/mol. The van der Waals surface area contributed by atoms with Gasteiger partial charge in [-0.15, -0.1) is 0 Å². The molecule has 4 N–H and O–H groups in total. The average molecular weight is 269 g/mol. The van der Waals surface area contributed by atoms with Crippen LogP contribution in [0.25, 0.3) is 11.0 Å². The van der Waals surface area contributed by atoms with Crippen molar-refractivity contribution in [2.24, 2.45) is 0 Å². The number of pyridine rings is 1. The van der Waals surface area contributed by atoms with E-state index in [1.807, 2.05) is 26.0 Å². The smallest absolute Gasteiger partial charge is 0.161 e. The lowest BCUT2D eigenvalue weighted by Gasteiger charge is -2.16. The first-order chi connectivity index (χ1) is 9.65. The van der Waals surface area contributed by atoms with Gasteiger partial charge in [0.2, 0.25) is 0 Å². The lowest BCUT2D eigenvalue weighted by atomic mass is 10.1. The number of nitrogen functional groups attached to an aromatic ring is 1. The number of fused-ring (bicyclic) bond motifs is 1. The van der Waals surface area contributed by atoms with Gasteiger partial charge in [-0.2, -0.15) is 5.10 Å². The van der Waals surface area contributed by atoms with Gasteiger partial charge in [0, 0.05) is 11.8 Å². The maximum Gasteiger partial charge on any atom is 0.161 e. The van der Waals surface area contributed by atoms with Crippen molar-refractivity contribution in [1.29, 1.82) is 0 Å². The lowest BCUT2D eigenvalue weighted by Crippen LogP contribution is -2.11. The minimum atomic E-state index is -0.0175. The first-order valence-electron chi connectivity index (χ1n) is 6.30. The van der Waals surface area contributed by atoms with Crippen molar-refractivity contribution in [2.45, 2.75) is 19.9 Å². The number of nitrogens with zero attached hydrogens (tertiary/aromatic N) is 4. The van der Waals surface area contributed by atoms with Crippen molar-refractivity contribution in [3.05, 3.63) is 35.9 Å².